The Labute approximate surface area is 134 Å². The summed E-state index contributed by atoms with van der Waals surface area (Å²) in [7, 11) is 0. The van der Waals surface area contributed by atoms with Crippen LogP contribution in [0.25, 0.3) is 0 Å². The SMILES string of the molecule is CC(C)C(NCC(O)COc1ccc(Cl)c(Cl)c1)C(N)=O. The monoisotopic (exact) mass is 334 g/mol. The van der Waals surface area contributed by atoms with E-state index in [0.29, 0.717) is 15.8 Å². The van der Waals surface area contributed by atoms with Crippen LogP contribution in [0.5, 0.6) is 5.75 Å². The van der Waals surface area contributed by atoms with Gasteiger partial charge in [0.2, 0.25) is 5.91 Å². The number of nitrogens with two attached hydrogens (primary N) is 1. The number of hydrogen-bond acceptors (Lipinski definition) is 4. The van der Waals surface area contributed by atoms with Crippen LogP contribution in [-0.2, 0) is 4.79 Å². The lowest BCUT2D eigenvalue weighted by molar-refractivity contribution is -0.121. The Morgan fingerprint density at radius 3 is 2.57 bits per heavy atom. The minimum Gasteiger partial charge on any atom is -0.491 e. The Morgan fingerprint density at radius 2 is 2.05 bits per heavy atom. The van der Waals surface area contributed by atoms with Crippen LogP contribution in [0.1, 0.15) is 13.8 Å². The first kappa shape index (κ1) is 18.0. The van der Waals surface area contributed by atoms with Crippen molar-refractivity contribution >= 4 is 29.1 Å². The molecule has 0 saturated carbocycles. The van der Waals surface area contributed by atoms with Gasteiger partial charge in [-0.15, -0.1) is 0 Å². The number of aliphatic hydroxyl groups excluding tert-OH is 1. The zero-order chi connectivity index (χ0) is 16.0. The van der Waals surface area contributed by atoms with Crippen molar-refractivity contribution in [2.75, 3.05) is 13.2 Å². The lowest BCUT2D eigenvalue weighted by Crippen LogP contribution is -2.48. The van der Waals surface area contributed by atoms with E-state index in [1.165, 1.54) is 0 Å². The van der Waals surface area contributed by atoms with E-state index in [9.17, 15) is 9.90 Å². The molecular weight excluding hydrogens is 315 g/mol. The van der Waals surface area contributed by atoms with Crippen LogP contribution >= 0.6 is 23.2 Å². The molecule has 1 rings (SSSR count). The van der Waals surface area contributed by atoms with Crippen molar-refractivity contribution in [2.24, 2.45) is 11.7 Å². The van der Waals surface area contributed by atoms with Gasteiger partial charge in [0.25, 0.3) is 0 Å². The molecule has 4 N–H and O–H groups in total. The van der Waals surface area contributed by atoms with Gasteiger partial charge in [-0.05, 0) is 18.1 Å². The van der Waals surface area contributed by atoms with Gasteiger partial charge in [0.1, 0.15) is 18.5 Å². The predicted molar refractivity (Wildman–Crippen MR) is 83.8 cm³/mol. The summed E-state index contributed by atoms with van der Waals surface area (Å²) in [4.78, 5) is 11.2. The van der Waals surface area contributed by atoms with Crippen LogP contribution < -0.4 is 15.8 Å². The fraction of sp³-hybridized carbons (Fsp3) is 0.500. The molecule has 0 radical (unpaired) electrons. The molecule has 0 fully saturated rings. The van der Waals surface area contributed by atoms with Gasteiger partial charge in [-0.25, -0.2) is 0 Å². The average molecular weight is 335 g/mol. The number of aliphatic hydroxyl groups is 1. The summed E-state index contributed by atoms with van der Waals surface area (Å²) in [6.07, 6.45) is -0.778. The third kappa shape index (κ3) is 6.09. The summed E-state index contributed by atoms with van der Waals surface area (Å²) < 4.78 is 5.41. The molecule has 0 aliphatic rings. The Bertz CT molecular complexity index is 483. The molecule has 0 saturated heterocycles. The molecule has 1 aromatic rings. The standard InChI is InChI=1S/C14H20Cl2N2O3/c1-8(2)13(14(17)20)18-6-9(19)7-21-10-3-4-11(15)12(16)5-10/h3-5,8-9,13,18-19H,6-7H2,1-2H3,(H2,17,20). The highest BCUT2D eigenvalue weighted by Crippen LogP contribution is 2.26. The maximum Gasteiger partial charge on any atom is 0.234 e. The summed E-state index contributed by atoms with van der Waals surface area (Å²) >= 11 is 11.7. The number of rotatable bonds is 8. The maximum atomic E-state index is 11.2. The molecule has 1 aromatic carbocycles. The Hall–Kier alpha value is -1.01. The fourth-order valence-electron chi connectivity index (χ4n) is 1.75. The number of carbonyl (C=O) groups excluding carboxylic acids is 1. The number of ether oxygens (including phenoxy) is 1. The predicted octanol–water partition coefficient (Wildman–Crippen LogP) is 1.83. The number of nitrogens with one attached hydrogen (secondary N) is 1. The van der Waals surface area contributed by atoms with E-state index in [0.717, 1.165) is 0 Å². The third-order valence-electron chi connectivity index (χ3n) is 2.88. The van der Waals surface area contributed by atoms with E-state index in [-0.39, 0.29) is 19.1 Å². The van der Waals surface area contributed by atoms with E-state index in [2.05, 4.69) is 5.32 Å². The van der Waals surface area contributed by atoms with Gasteiger partial charge in [0.15, 0.2) is 0 Å². The highest BCUT2D eigenvalue weighted by Gasteiger charge is 2.20. The van der Waals surface area contributed by atoms with Gasteiger partial charge < -0.3 is 20.9 Å². The van der Waals surface area contributed by atoms with E-state index in [4.69, 9.17) is 33.7 Å². The lowest BCUT2D eigenvalue weighted by atomic mass is 10.0. The Kier molecular flexibility index (Phi) is 7.25. The van der Waals surface area contributed by atoms with Gasteiger partial charge in [-0.1, -0.05) is 37.0 Å². The second kappa shape index (κ2) is 8.44. The minimum atomic E-state index is -0.778. The molecule has 0 aromatic heterocycles. The summed E-state index contributed by atoms with van der Waals surface area (Å²) in [5, 5.41) is 13.6. The number of halogens is 2. The van der Waals surface area contributed by atoms with Gasteiger partial charge in [-0.2, -0.15) is 0 Å². The largest absolute Gasteiger partial charge is 0.491 e. The molecule has 118 valence electrons. The van der Waals surface area contributed by atoms with Crippen molar-refractivity contribution in [3.8, 4) is 5.75 Å². The van der Waals surface area contributed by atoms with Crippen molar-refractivity contribution in [1.82, 2.24) is 5.32 Å². The Balaban J connectivity index is 2.41. The molecule has 1 amide bonds. The second-order valence-electron chi connectivity index (χ2n) is 5.07. The second-order valence-corrected chi connectivity index (χ2v) is 5.89. The van der Waals surface area contributed by atoms with Crippen LogP contribution in [-0.4, -0.2) is 36.3 Å². The molecule has 0 spiro atoms. The normalized spacial score (nSPS) is 14.0. The van der Waals surface area contributed by atoms with Crippen LogP contribution in [0.15, 0.2) is 18.2 Å². The topological polar surface area (TPSA) is 84.6 Å². The summed E-state index contributed by atoms with van der Waals surface area (Å²) in [5.74, 6) is 0.118. The summed E-state index contributed by atoms with van der Waals surface area (Å²) in [5.41, 5.74) is 5.28. The van der Waals surface area contributed by atoms with Gasteiger partial charge in [0.05, 0.1) is 16.1 Å². The number of carbonyl (C=O) groups is 1. The smallest absolute Gasteiger partial charge is 0.234 e. The molecule has 7 heteroatoms. The molecule has 0 aliphatic carbocycles. The van der Waals surface area contributed by atoms with Crippen molar-refractivity contribution in [3.05, 3.63) is 28.2 Å². The van der Waals surface area contributed by atoms with E-state index < -0.39 is 18.1 Å². The van der Waals surface area contributed by atoms with Crippen molar-refractivity contribution in [2.45, 2.75) is 26.0 Å². The van der Waals surface area contributed by atoms with Crippen LogP contribution in [0.3, 0.4) is 0 Å². The Morgan fingerprint density at radius 1 is 1.38 bits per heavy atom. The summed E-state index contributed by atoms with van der Waals surface area (Å²) in [6.45, 7) is 4.02. The number of hydrogen-bond donors (Lipinski definition) is 3. The van der Waals surface area contributed by atoms with Gasteiger partial charge in [-0.3, -0.25) is 4.79 Å². The lowest BCUT2D eigenvalue weighted by Gasteiger charge is -2.21. The first-order chi connectivity index (χ1) is 9.81. The molecule has 2 unspecified atom stereocenters. The van der Waals surface area contributed by atoms with Crippen molar-refractivity contribution < 1.29 is 14.6 Å². The number of primary amides is 1. The zero-order valence-corrected chi connectivity index (χ0v) is 13.5. The van der Waals surface area contributed by atoms with Crippen LogP contribution in [0.4, 0.5) is 0 Å². The maximum absolute atomic E-state index is 11.2. The first-order valence-electron chi connectivity index (χ1n) is 6.60. The van der Waals surface area contributed by atoms with Crippen molar-refractivity contribution in [1.29, 1.82) is 0 Å². The number of benzene rings is 1. The highest BCUT2D eigenvalue weighted by molar-refractivity contribution is 6.42. The molecule has 0 aliphatic heterocycles. The summed E-state index contributed by atoms with van der Waals surface area (Å²) in [6, 6.07) is 4.37. The molecule has 5 nitrogen and oxygen atoms in total. The van der Waals surface area contributed by atoms with E-state index >= 15 is 0 Å². The zero-order valence-electron chi connectivity index (χ0n) is 12.0. The van der Waals surface area contributed by atoms with Crippen LogP contribution in [0, 0.1) is 5.92 Å². The molecule has 21 heavy (non-hydrogen) atoms. The third-order valence-corrected chi connectivity index (χ3v) is 3.62. The first-order valence-corrected chi connectivity index (χ1v) is 7.35. The molecule has 0 bridgehead atoms. The van der Waals surface area contributed by atoms with Gasteiger partial charge >= 0.3 is 0 Å². The molecular formula is C14H20Cl2N2O3. The number of amides is 1. The van der Waals surface area contributed by atoms with E-state index in [1.807, 2.05) is 13.8 Å². The fourth-order valence-corrected chi connectivity index (χ4v) is 2.03. The van der Waals surface area contributed by atoms with Crippen molar-refractivity contribution in [3.63, 3.8) is 0 Å². The molecule has 2 atom stereocenters. The van der Waals surface area contributed by atoms with E-state index in [1.54, 1.807) is 18.2 Å². The van der Waals surface area contributed by atoms with Gasteiger partial charge in [0, 0.05) is 12.6 Å². The minimum absolute atomic E-state index is 0.0469. The highest BCUT2D eigenvalue weighted by atomic mass is 35.5. The molecule has 0 heterocycles. The average Bonchev–Trinajstić information content (AvgIpc) is 2.39. The van der Waals surface area contributed by atoms with Crippen LogP contribution in [0.2, 0.25) is 10.0 Å². The quantitative estimate of drug-likeness (QED) is 0.677.